The Bertz CT molecular complexity index is 1520. The van der Waals surface area contributed by atoms with Crippen LogP contribution in [0.4, 0.5) is 11.8 Å². The van der Waals surface area contributed by atoms with Crippen LogP contribution in [-0.2, 0) is 11.3 Å². The molecule has 4 rings (SSSR count). The van der Waals surface area contributed by atoms with Crippen molar-refractivity contribution in [3.05, 3.63) is 50.9 Å². The number of benzene rings is 1. The SMILES string of the molecule is CCN(CC)CCNC(=O)c1c[nH]c(/C=C2/C(=O)N(Cc3cc(OC)c(OC)c(OC)c3Cl)c3nc(N)nc(Cl)c32)c1. The van der Waals surface area contributed by atoms with Gasteiger partial charge in [-0.1, -0.05) is 37.0 Å². The van der Waals surface area contributed by atoms with Crippen molar-refractivity contribution >= 4 is 58.4 Å². The van der Waals surface area contributed by atoms with Crippen molar-refractivity contribution in [1.29, 1.82) is 0 Å². The standard InChI is InChI=1S/C28H33Cl2N7O5/c1-6-36(7-2)9-8-32-26(38)15-10-17(33-13-15)12-18-20-24(30)34-28(31)35-25(20)37(27(18)39)14-16-11-19(40-3)22(41-4)23(42-5)21(16)29/h10-13,33H,6-9,14H2,1-5H3,(H,32,38)(H2,31,34,35)/b18-12+. The van der Waals surface area contributed by atoms with Crippen LogP contribution in [0, 0.1) is 0 Å². The summed E-state index contributed by atoms with van der Waals surface area (Å²) in [5.74, 6) is 0.408. The fourth-order valence-corrected chi connectivity index (χ4v) is 5.25. The molecule has 2 aromatic heterocycles. The average molecular weight is 619 g/mol. The summed E-state index contributed by atoms with van der Waals surface area (Å²) in [6.07, 6.45) is 3.17. The van der Waals surface area contributed by atoms with Gasteiger partial charge in [-0.25, -0.2) is 4.98 Å². The van der Waals surface area contributed by atoms with Gasteiger partial charge in [0, 0.05) is 25.0 Å². The number of H-pyrrole nitrogens is 1. The van der Waals surface area contributed by atoms with Crippen molar-refractivity contribution in [2.45, 2.75) is 20.4 Å². The number of hydrogen-bond donors (Lipinski definition) is 3. The molecule has 224 valence electrons. The van der Waals surface area contributed by atoms with E-state index in [9.17, 15) is 9.59 Å². The van der Waals surface area contributed by atoms with E-state index < -0.39 is 5.91 Å². The van der Waals surface area contributed by atoms with Crippen LogP contribution in [0.25, 0.3) is 11.6 Å². The van der Waals surface area contributed by atoms with Gasteiger partial charge in [0.05, 0.1) is 49.6 Å². The highest BCUT2D eigenvalue weighted by Crippen LogP contribution is 2.47. The lowest BCUT2D eigenvalue weighted by Gasteiger charge is -2.20. The van der Waals surface area contributed by atoms with E-state index in [2.05, 4.69) is 39.0 Å². The van der Waals surface area contributed by atoms with Crippen LogP contribution in [0.3, 0.4) is 0 Å². The number of nitrogens with one attached hydrogen (secondary N) is 2. The third-order valence-corrected chi connectivity index (χ3v) is 7.60. The minimum absolute atomic E-state index is 0.0107. The Kier molecular flexibility index (Phi) is 9.81. The van der Waals surface area contributed by atoms with Crippen LogP contribution in [0.1, 0.15) is 41.0 Å². The Labute approximate surface area is 253 Å². The highest BCUT2D eigenvalue weighted by Gasteiger charge is 2.38. The maximum atomic E-state index is 13.8. The molecule has 42 heavy (non-hydrogen) atoms. The number of rotatable bonds is 12. The van der Waals surface area contributed by atoms with Gasteiger partial charge in [0.25, 0.3) is 11.8 Å². The molecule has 0 atom stereocenters. The normalized spacial score (nSPS) is 13.6. The molecule has 0 unspecified atom stereocenters. The fourth-order valence-electron chi connectivity index (χ4n) is 4.70. The largest absolute Gasteiger partial charge is 0.493 e. The number of anilines is 2. The molecule has 3 heterocycles. The molecule has 0 aliphatic carbocycles. The third kappa shape index (κ3) is 6.10. The maximum Gasteiger partial charge on any atom is 0.260 e. The van der Waals surface area contributed by atoms with E-state index in [-0.39, 0.29) is 45.7 Å². The summed E-state index contributed by atoms with van der Waals surface area (Å²) >= 11 is 13.2. The monoisotopic (exact) mass is 617 g/mol. The molecule has 0 spiro atoms. The maximum absolute atomic E-state index is 13.8. The van der Waals surface area contributed by atoms with Crippen molar-refractivity contribution in [1.82, 2.24) is 25.2 Å². The van der Waals surface area contributed by atoms with Gasteiger partial charge in [0.2, 0.25) is 11.7 Å². The van der Waals surface area contributed by atoms with Gasteiger partial charge < -0.3 is 35.1 Å². The predicted molar refractivity (Wildman–Crippen MR) is 163 cm³/mol. The number of amides is 2. The molecule has 14 heteroatoms. The lowest BCUT2D eigenvalue weighted by molar-refractivity contribution is -0.113. The number of nitrogens with zero attached hydrogens (tertiary/aromatic N) is 4. The van der Waals surface area contributed by atoms with Crippen LogP contribution in [-0.4, -0.2) is 79.2 Å². The van der Waals surface area contributed by atoms with E-state index in [1.807, 2.05) is 0 Å². The molecule has 0 saturated carbocycles. The van der Waals surface area contributed by atoms with Crippen molar-refractivity contribution in [3.63, 3.8) is 0 Å². The second-order valence-corrected chi connectivity index (χ2v) is 10.0. The van der Waals surface area contributed by atoms with E-state index in [1.165, 1.54) is 26.2 Å². The second-order valence-electron chi connectivity index (χ2n) is 9.27. The Morgan fingerprint density at radius 3 is 2.48 bits per heavy atom. The Morgan fingerprint density at radius 2 is 1.83 bits per heavy atom. The molecular weight excluding hydrogens is 585 g/mol. The summed E-state index contributed by atoms with van der Waals surface area (Å²) in [6, 6.07) is 3.30. The van der Waals surface area contributed by atoms with Gasteiger partial charge in [-0.2, -0.15) is 4.98 Å². The lowest BCUT2D eigenvalue weighted by atomic mass is 10.1. The van der Waals surface area contributed by atoms with Gasteiger partial charge in [-0.05, 0) is 36.9 Å². The van der Waals surface area contributed by atoms with E-state index in [0.717, 1.165) is 19.6 Å². The van der Waals surface area contributed by atoms with Crippen molar-refractivity contribution in [3.8, 4) is 17.2 Å². The number of halogens is 2. The van der Waals surface area contributed by atoms with Crippen LogP contribution in [0.15, 0.2) is 18.3 Å². The zero-order valence-electron chi connectivity index (χ0n) is 24.0. The molecular formula is C28H33Cl2N7O5. The van der Waals surface area contributed by atoms with Crippen molar-refractivity contribution in [2.24, 2.45) is 0 Å². The average Bonchev–Trinajstić information content (AvgIpc) is 3.54. The molecule has 1 aliphatic heterocycles. The summed E-state index contributed by atoms with van der Waals surface area (Å²) in [5, 5.41) is 3.16. The molecule has 0 radical (unpaired) electrons. The number of carbonyl (C=O) groups excluding carboxylic acids is 2. The van der Waals surface area contributed by atoms with Crippen LogP contribution >= 0.6 is 23.2 Å². The summed E-state index contributed by atoms with van der Waals surface area (Å²) in [6.45, 7) is 7.21. The zero-order chi connectivity index (χ0) is 30.6. The first-order valence-electron chi connectivity index (χ1n) is 13.2. The Morgan fingerprint density at radius 1 is 1.12 bits per heavy atom. The number of carbonyl (C=O) groups is 2. The first-order chi connectivity index (χ1) is 20.2. The summed E-state index contributed by atoms with van der Waals surface area (Å²) < 4.78 is 16.3. The number of ether oxygens (including phenoxy) is 3. The minimum atomic E-state index is -0.420. The van der Waals surface area contributed by atoms with Crippen molar-refractivity contribution < 1.29 is 23.8 Å². The number of nitrogen functional groups attached to an aromatic ring is 1. The molecule has 0 bridgehead atoms. The Hall–Kier alpha value is -4.00. The van der Waals surface area contributed by atoms with E-state index in [0.29, 0.717) is 40.4 Å². The molecule has 1 aliphatic rings. The van der Waals surface area contributed by atoms with Crippen LogP contribution in [0.2, 0.25) is 10.2 Å². The number of methoxy groups -OCH3 is 3. The second kappa shape index (κ2) is 13.3. The quantitative estimate of drug-likeness (QED) is 0.203. The first kappa shape index (κ1) is 30.9. The number of aromatic amines is 1. The fraction of sp³-hybridized carbons (Fsp3) is 0.357. The van der Waals surface area contributed by atoms with E-state index in [4.69, 9.17) is 43.1 Å². The van der Waals surface area contributed by atoms with Crippen molar-refractivity contribution in [2.75, 3.05) is 58.1 Å². The number of nitrogens with two attached hydrogens (primary N) is 1. The summed E-state index contributed by atoms with van der Waals surface area (Å²) in [4.78, 5) is 41.6. The van der Waals surface area contributed by atoms with Gasteiger partial charge >= 0.3 is 0 Å². The smallest absolute Gasteiger partial charge is 0.260 e. The number of aromatic nitrogens is 3. The van der Waals surface area contributed by atoms with E-state index in [1.54, 1.807) is 24.4 Å². The minimum Gasteiger partial charge on any atom is -0.493 e. The topological polar surface area (TPSA) is 148 Å². The molecule has 0 fully saturated rings. The van der Waals surface area contributed by atoms with Crippen LogP contribution in [0.5, 0.6) is 17.2 Å². The molecule has 12 nitrogen and oxygen atoms in total. The zero-order valence-corrected chi connectivity index (χ0v) is 25.5. The number of likely N-dealkylation sites (N-methyl/N-ethyl adjacent to an activating group) is 1. The van der Waals surface area contributed by atoms with E-state index >= 15 is 0 Å². The molecule has 2 amide bonds. The van der Waals surface area contributed by atoms with Gasteiger partial charge in [0.15, 0.2) is 17.3 Å². The van der Waals surface area contributed by atoms with Gasteiger partial charge in [-0.15, -0.1) is 0 Å². The predicted octanol–water partition coefficient (Wildman–Crippen LogP) is 3.88. The highest BCUT2D eigenvalue weighted by atomic mass is 35.5. The Balaban J connectivity index is 1.66. The lowest BCUT2D eigenvalue weighted by Crippen LogP contribution is -2.34. The number of fused-ring (bicyclic) bond motifs is 1. The number of hydrogen-bond acceptors (Lipinski definition) is 9. The molecule has 0 saturated heterocycles. The van der Waals surface area contributed by atoms with Gasteiger partial charge in [-0.3, -0.25) is 14.5 Å². The molecule has 4 N–H and O–H groups in total. The molecule has 1 aromatic carbocycles. The highest BCUT2D eigenvalue weighted by molar-refractivity contribution is 6.41. The third-order valence-electron chi connectivity index (χ3n) is 6.91. The first-order valence-corrected chi connectivity index (χ1v) is 14.0. The summed E-state index contributed by atoms with van der Waals surface area (Å²) in [7, 11) is 4.40. The molecule has 3 aromatic rings. The summed E-state index contributed by atoms with van der Waals surface area (Å²) in [5.41, 5.74) is 7.86. The van der Waals surface area contributed by atoms with Gasteiger partial charge in [0.1, 0.15) is 5.15 Å². The van der Waals surface area contributed by atoms with Crippen LogP contribution < -0.4 is 30.2 Å².